The van der Waals surface area contributed by atoms with Gasteiger partial charge in [-0.25, -0.2) is 0 Å². The average Bonchev–Trinajstić information content (AvgIpc) is 3.35. The lowest BCUT2D eigenvalue weighted by atomic mass is 10.1. The number of amides is 1. The summed E-state index contributed by atoms with van der Waals surface area (Å²) < 4.78 is 2.15. The molecule has 0 bridgehead atoms. The number of pyridine rings is 1. The Balaban J connectivity index is 1.55. The SMILES string of the molecule is Cc1cc(C)cc(C(=O)NCc2cc(-c3ccncc3)n(C3CCCC3)n2)c1. The number of nitrogens with zero attached hydrogens (tertiary/aromatic N) is 3. The Hall–Kier alpha value is -2.95. The summed E-state index contributed by atoms with van der Waals surface area (Å²) in [4.78, 5) is 16.7. The highest BCUT2D eigenvalue weighted by atomic mass is 16.1. The van der Waals surface area contributed by atoms with Crippen LogP contribution in [-0.4, -0.2) is 20.7 Å². The summed E-state index contributed by atoms with van der Waals surface area (Å²) in [5.74, 6) is -0.0623. The third kappa shape index (κ3) is 3.98. The smallest absolute Gasteiger partial charge is 0.251 e. The highest BCUT2D eigenvalue weighted by molar-refractivity contribution is 5.94. The van der Waals surface area contributed by atoms with Crippen LogP contribution < -0.4 is 5.32 Å². The molecule has 0 atom stereocenters. The number of carbonyl (C=O) groups excluding carboxylic acids is 1. The van der Waals surface area contributed by atoms with Gasteiger partial charge in [-0.1, -0.05) is 30.0 Å². The largest absolute Gasteiger partial charge is 0.346 e. The summed E-state index contributed by atoms with van der Waals surface area (Å²) >= 11 is 0. The van der Waals surface area contributed by atoms with E-state index in [1.54, 1.807) is 0 Å². The zero-order chi connectivity index (χ0) is 19.5. The van der Waals surface area contributed by atoms with Crippen molar-refractivity contribution >= 4 is 5.91 Å². The topological polar surface area (TPSA) is 59.8 Å². The number of carbonyl (C=O) groups is 1. The lowest BCUT2D eigenvalue weighted by molar-refractivity contribution is 0.0950. The Morgan fingerprint density at radius 3 is 2.43 bits per heavy atom. The number of hydrogen-bond donors (Lipinski definition) is 1. The van der Waals surface area contributed by atoms with E-state index in [4.69, 9.17) is 5.10 Å². The van der Waals surface area contributed by atoms with Crippen LogP contribution in [0.2, 0.25) is 0 Å². The molecule has 144 valence electrons. The quantitative estimate of drug-likeness (QED) is 0.710. The van der Waals surface area contributed by atoms with Gasteiger partial charge < -0.3 is 5.32 Å². The maximum Gasteiger partial charge on any atom is 0.251 e. The second-order valence-electron chi connectivity index (χ2n) is 7.70. The van der Waals surface area contributed by atoms with Crippen LogP contribution in [0, 0.1) is 13.8 Å². The Labute approximate surface area is 165 Å². The van der Waals surface area contributed by atoms with E-state index in [9.17, 15) is 4.79 Å². The summed E-state index contributed by atoms with van der Waals surface area (Å²) in [7, 11) is 0. The lowest BCUT2D eigenvalue weighted by Crippen LogP contribution is -2.23. The number of benzene rings is 1. The first kappa shape index (κ1) is 18.4. The summed E-state index contributed by atoms with van der Waals surface area (Å²) in [6.07, 6.45) is 8.44. The molecule has 1 amide bonds. The highest BCUT2D eigenvalue weighted by Crippen LogP contribution is 2.33. The van der Waals surface area contributed by atoms with Crippen LogP contribution >= 0.6 is 0 Å². The highest BCUT2D eigenvalue weighted by Gasteiger charge is 2.22. The van der Waals surface area contributed by atoms with Crippen LogP contribution in [0.4, 0.5) is 0 Å². The van der Waals surface area contributed by atoms with E-state index in [1.165, 1.54) is 12.8 Å². The number of hydrogen-bond acceptors (Lipinski definition) is 3. The van der Waals surface area contributed by atoms with Crippen LogP contribution in [0.3, 0.4) is 0 Å². The molecule has 1 saturated carbocycles. The van der Waals surface area contributed by atoms with Crippen molar-refractivity contribution in [1.82, 2.24) is 20.1 Å². The molecule has 1 fully saturated rings. The Morgan fingerprint density at radius 2 is 1.75 bits per heavy atom. The molecule has 5 heteroatoms. The lowest BCUT2D eigenvalue weighted by Gasteiger charge is -2.14. The van der Waals surface area contributed by atoms with Crippen molar-refractivity contribution in [3.05, 3.63) is 71.2 Å². The molecule has 1 aliphatic rings. The summed E-state index contributed by atoms with van der Waals surface area (Å²) in [5.41, 5.74) is 5.98. The summed E-state index contributed by atoms with van der Waals surface area (Å²) in [5, 5.41) is 7.88. The molecule has 0 saturated heterocycles. The summed E-state index contributed by atoms with van der Waals surface area (Å²) in [6, 6.07) is 12.5. The molecule has 1 aliphatic carbocycles. The molecule has 2 aromatic heterocycles. The van der Waals surface area contributed by atoms with Crippen molar-refractivity contribution < 1.29 is 4.79 Å². The van der Waals surface area contributed by atoms with Crippen molar-refractivity contribution in [1.29, 1.82) is 0 Å². The van der Waals surface area contributed by atoms with Gasteiger partial charge in [0.25, 0.3) is 5.91 Å². The zero-order valence-corrected chi connectivity index (χ0v) is 16.5. The van der Waals surface area contributed by atoms with Crippen LogP contribution in [0.25, 0.3) is 11.3 Å². The van der Waals surface area contributed by atoms with Gasteiger partial charge in [-0.3, -0.25) is 14.5 Å². The van der Waals surface area contributed by atoms with Gasteiger partial charge in [0.15, 0.2) is 0 Å². The predicted octanol–water partition coefficient (Wildman–Crippen LogP) is 4.61. The molecule has 0 radical (unpaired) electrons. The van der Waals surface area contributed by atoms with E-state index >= 15 is 0 Å². The van der Waals surface area contributed by atoms with E-state index in [0.29, 0.717) is 18.2 Å². The zero-order valence-electron chi connectivity index (χ0n) is 16.5. The van der Waals surface area contributed by atoms with Crippen molar-refractivity contribution in [3.8, 4) is 11.3 Å². The number of aryl methyl sites for hydroxylation is 2. The third-order valence-corrected chi connectivity index (χ3v) is 5.35. The van der Waals surface area contributed by atoms with Gasteiger partial charge in [0.05, 0.1) is 24.0 Å². The Morgan fingerprint density at radius 1 is 1.07 bits per heavy atom. The monoisotopic (exact) mass is 374 g/mol. The molecule has 5 nitrogen and oxygen atoms in total. The van der Waals surface area contributed by atoms with Crippen molar-refractivity contribution in [2.24, 2.45) is 0 Å². The van der Waals surface area contributed by atoms with Gasteiger partial charge in [0, 0.05) is 23.5 Å². The maximum atomic E-state index is 12.6. The minimum Gasteiger partial charge on any atom is -0.346 e. The van der Waals surface area contributed by atoms with Crippen LogP contribution in [0.5, 0.6) is 0 Å². The first-order valence-electron chi connectivity index (χ1n) is 9.95. The van der Waals surface area contributed by atoms with Crippen molar-refractivity contribution in [2.45, 2.75) is 52.1 Å². The van der Waals surface area contributed by atoms with E-state index < -0.39 is 0 Å². The van der Waals surface area contributed by atoms with Gasteiger partial charge in [-0.15, -0.1) is 0 Å². The van der Waals surface area contributed by atoms with E-state index in [-0.39, 0.29) is 5.91 Å². The fourth-order valence-electron chi connectivity index (χ4n) is 4.08. The van der Waals surface area contributed by atoms with E-state index in [2.05, 4.69) is 27.1 Å². The maximum absolute atomic E-state index is 12.6. The number of rotatable bonds is 5. The first-order valence-corrected chi connectivity index (χ1v) is 9.95. The molecule has 3 aromatic rings. The van der Waals surface area contributed by atoms with Crippen LogP contribution in [0.1, 0.15) is 58.9 Å². The van der Waals surface area contributed by atoms with Gasteiger partial charge in [0.2, 0.25) is 0 Å². The predicted molar refractivity (Wildman–Crippen MR) is 110 cm³/mol. The molecule has 2 heterocycles. The molecular formula is C23H26N4O. The molecule has 4 rings (SSSR count). The first-order chi connectivity index (χ1) is 13.6. The van der Waals surface area contributed by atoms with E-state index in [0.717, 1.165) is 40.9 Å². The minimum atomic E-state index is -0.0623. The number of nitrogens with one attached hydrogen (secondary N) is 1. The number of aromatic nitrogens is 3. The van der Waals surface area contributed by atoms with Gasteiger partial charge in [-0.2, -0.15) is 5.10 Å². The second-order valence-corrected chi connectivity index (χ2v) is 7.70. The van der Waals surface area contributed by atoms with Crippen LogP contribution in [0.15, 0.2) is 48.8 Å². The molecule has 28 heavy (non-hydrogen) atoms. The van der Waals surface area contributed by atoms with Crippen LogP contribution in [-0.2, 0) is 6.54 Å². The van der Waals surface area contributed by atoms with Gasteiger partial charge in [0.1, 0.15) is 0 Å². The Kier molecular flexibility index (Phi) is 5.24. The minimum absolute atomic E-state index is 0.0623. The van der Waals surface area contributed by atoms with Crippen molar-refractivity contribution in [2.75, 3.05) is 0 Å². The average molecular weight is 374 g/mol. The third-order valence-electron chi connectivity index (χ3n) is 5.35. The fourth-order valence-corrected chi connectivity index (χ4v) is 4.08. The van der Waals surface area contributed by atoms with Gasteiger partial charge in [-0.05, 0) is 57.0 Å². The molecule has 0 aliphatic heterocycles. The van der Waals surface area contributed by atoms with Crippen molar-refractivity contribution in [3.63, 3.8) is 0 Å². The molecule has 0 spiro atoms. The molecule has 1 N–H and O–H groups in total. The van der Waals surface area contributed by atoms with Gasteiger partial charge >= 0.3 is 0 Å². The fraction of sp³-hybridized carbons (Fsp3) is 0.348. The Bertz CT molecular complexity index is 951. The molecular weight excluding hydrogens is 348 g/mol. The van der Waals surface area contributed by atoms with E-state index in [1.807, 2.05) is 50.5 Å². The second kappa shape index (κ2) is 7.97. The normalized spacial score (nSPS) is 14.4. The standard InChI is InChI=1S/C23H26N4O/c1-16-11-17(2)13-19(12-16)23(28)25-15-20-14-22(18-7-9-24-10-8-18)27(26-20)21-5-3-4-6-21/h7-14,21H,3-6,15H2,1-2H3,(H,25,28). The summed E-state index contributed by atoms with van der Waals surface area (Å²) in [6.45, 7) is 4.44. The molecule has 0 unspecified atom stereocenters. The molecule has 1 aromatic carbocycles.